The van der Waals surface area contributed by atoms with E-state index in [1.165, 1.54) is 17.7 Å². The van der Waals surface area contributed by atoms with Gasteiger partial charge in [0.2, 0.25) is 0 Å². The Morgan fingerprint density at radius 3 is 2.64 bits per heavy atom. The van der Waals surface area contributed by atoms with Crippen LogP contribution in [0.1, 0.15) is 24.0 Å². The molecule has 1 aliphatic rings. The zero-order chi connectivity index (χ0) is 23.3. The third kappa shape index (κ3) is 6.43. The summed E-state index contributed by atoms with van der Waals surface area (Å²) in [5.41, 5.74) is 2.16. The number of aryl methyl sites for hydroxylation is 2. The van der Waals surface area contributed by atoms with E-state index in [-0.39, 0.29) is 18.1 Å². The van der Waals surface area contributed by atoms with Gasteiger partial charge in [-0.15, -0.1) is 0 Å². The van der Waals surface area contributed by atoms with Gasteiger partial charge >= 0.3 is 0 Å². The highest BCUT2D eigenvalue weighted by Gasteiger charge is 2.42. The minimum absolute atomic E-state index is 0.112. The molecule has 176 valence electrons. The molecular weight excluding hydrogens is 464 g/mol. The van der Waals surface area contributed by atoms with Crippen LogP contribution in [-0.4, -0.2) is 43.1 Å². The van der Waals surface area contributed by atoms with Crippen molar-refractivity contribution in [1.29, 1.82) is 0 Å². The largest absolute Gasteiger partial charge is 0.345 e. The highest BCUT2D eigenvalue weighted by Crippen LogP contribution is 2.32. The van der Waals surface area contributed by atoms with E-state index in [0.29, 0.717) is 18.0 Å². The number of aromatic nitrogens is 2. The minimum Gasteiger partial charge on any atom is -0.345 e. The lowest BCUT2D eigenvalue weighted by Crippen LogP contribution is -2.37. The molecule has 1 fully saturated rings. The van der Waals surface area contributed by atoms with Crippen LogP contribution >= 0.6 is 11.6 Å². The Kier molecular flexibility index (Phi) is 7.51. The summed E-state index contributed by atoms with van der Waals surface area (Å²) >= 11 is 5.97. The summed E-state index contributed by atoms with van der Waals surface area (Å²) in [5, 5.41) is 0.709. The molecule has 0 saturated carbocycles. The quantitative estimate of drug-likeness (QED) is 0.392. The molecule has 1 saturated heterocycles. The first-order valence-corrected chi connectivity index (χ1v) is 12.6. The molecule has 2 heterocycles. The van der Waals surface area contributed by atoms with Crippen molar-refractivity contribution >= 4 is 21.7 Å². The lowest BCUT2D eigenvalue weighted by Gasteiger charge is -2.28. The number of halogens is 1. The van der Waals surface area contributed by atoms with E-state index < -0.39 is 22.0 Å². The van der Waals surface area contributed by atoms with E-state index >= 15 is 0 Å². The summed E-state index contributed by atoms with van der Waals surface area (Å²) in [6.07, 6.45) is 7.06. The third-order valence-corrected chi connectivity index (χ3v) is 7.10. The van der Waals surface area contributed by atoms with Crippen LogP contribution in [0.3, 0.4) is 0 Å². The van der Waals surface area contributed by atoms with Crippen molar-refractivity contribution in [3.8, 4) is 0 Å². The predicted octanol–water partition coefficient (Wildman–Crippen LogP) is 4.39. The molecule has 33 heavy (non-hydrogen) atoms. The molecule has 0 unspecified atom stereocenters. The Bertz CT molecular complexity index is 1130. The first kappa shape index (κ1) is 23.9. The Morgan fingerprint density at radius 2 is 1.94 bits per heavy atom. The molecule has 0 spiro atoms. The maximum absolute atomic E-state index is 12.5. The molecule has 3 aromatic rings. The Balaban J connectivity index is 1.38. The highest BCUT2D eigenvalue weighted by molar-refractivity contribution is 7.86. The molecule has 0 amide bonds. The van der Waals surface area contributed by atoms with Gasteiger partial charge in [0.15, 0.2) is 5.79 Å². The van der Waals surface area contributed by atoms with Gasteiger partial charge < -0.3 is 14.0 Å². The smallest absolute Gasteiger partial charge is 0.297 e. The van der Waals surface area contributed by atoms with Crippen LogP contribution < -0.4 is 0 Å². The molecule has 7 nitrogen and oxygen atoms in total. The van der Waals surface area contributed by atoms with Crippen molar-refractivity contribution in [3.63, 3.8) is 0 Å². The maximum atomic E-state index is 12.5. The summed E-state index contributed by atoms with van der Waals surface area (Å²) in [4.78, 5) is 4.22. The van der Waals surface area contributed by atoms with E-state index in [2.05, 4.69) is 4.98 Å². The molecule has 0 aliphatic carbocycles. The van der Waals surface area contributed by atoms with Crippen LogP contribution in [0.5, 0.6) is 0 Å². The van der Waals surface area contributed by atoms with Gasteiger partial charge in [0.1, 0.15) is 6.10 Å². The second-order valence-corrected chi connectivity index (χ2v) is 10.3. The number of nitrogens with zero attached hydrogens (tertiary/aromatic N) is 2. The van der Waals surface area contributed by atoms with E-state index in [1.54, 1.807) is 24.7 Å². The summed E-state index contributed by atoms with van der Waals surface area (Å²) in [6.45, 7) is 2.49. The van der Waals surface area contributed by atoms with Crippen molar-refractivity contribution in [2.24, 2.45) is 0 Å². The Labute approximate surface area is 199 Å². The molecule has 9 heteroatoms. The van der Waals surface area contributed by atoms with Crippen molar-refractivity contribution < 1.29 is 22.1 Å². The molecular formula is C24H27ClN2O5S. The fraction of sp³-hybridized carbons (Fsp3) is 0.375. The zero-order valence-electron chi connectivity index (χ0n) is 18.4. The Morgan fingerprint density at radius 1 is 1.18 bits per heavy atom. The normalized spacial score (nSPS) is 20.8. The van der Waals surface area contributed by atoms with Crippen LogP contribution in [-0.2, 0) is 36.7 Å². The monoisotopic (exact) mass is 490 g/mol. The van der Waals surface area contributed by atoms with Crippen LogP contribution in [0.4, 0.5) is 0 Å². The predicted molar refractivity (Wildman–Crippen MR) is 124 cm³/mol. The standard InChI is InChI=1S/C24H27ClN2O5S/c1-19-4-10-23(11-5-19)33(28,29)31-16-22-15-30-24(32-22,17-27-14-13-26-18-27)12-2-3-20-6-8-21(25)9-7-20/h4-11,13-14,18,22H,2-3,12,15-17H2,1H3/t22-,24-/m1/s1. The summed E-state index contributed by atoms with van der Waals surface area (Å²) in [6, 6.07) is 14.3. The first-order chi connectivity index (χ1) is 15.8. The average Bonchev–Trinajstić information content (AvgIpc) is 3.45. The van der Waals surface area contributed by atoms with Crippen molar-refractivity contribution in [1.82, 2.24) is 9.55 Å². The first-order valence-electron chi connectivity index (χ1n) is 10.8. The average molecular weight is 491 g/mol. The Hall–Kier alpha value is -2.23. The molecule has 2 atom stereocenters. The molecule has 0 N–H and O–H groups in total. The second-order valence-electron chi connectivity index (χ2n) is 8.23. The molecule has 2 aromatic carbocycles. The van der Waals surface area contributed by atoms with Gasteiger partial charge in [-0.25, -0.2) is 4.98 Å². The second kappa shape index (κ2) is 10.4. The van der Waals surface area contributed by atoms with Crippen LogP contribution in [0.15, 0.2) is 72.1 Å². The van der Waals surface area contributed by atoms with Crippen LogP contribution in [0, 0.1) is 6.92 Å². The molecule has 0 radical (unpaired) electrons. The number of benzene rings is 2. The summed E-state index contributed by atoms with van der Waals surface area (Å²) in [5.74, 6) is -0.880. The molecule has 0 bridgehead atoms. The van der Waals surface area contributed by atoms with Crippen molar-refractivity contribution in [2.45, 2.75) is 49.5 Å². The number of hydrogen-bond donors (Lipinski definition) is 0. The van der Waals surface area contributed by atoms with Gasteiger partial charge in [0.25, 0.3) is 10.1 Å². The number of ether oxygens (including phenoxy) is 2. The fourth-order valence-corrected chi connectivity index (χ4v) is 4.86. The summed E-state index contributed by atoms with van der Waals surface area (Å²) < 4.78 is 44.6. The van der Waals surface area contributed by atoms with Gasteiger partial charge in [0, 0.05) is 23.8 Å². The van der Waals surface area contributed by atoms with E-state index in [4.69, 9.17) is 25.3 Å². The summed E-state index contributed by atoms with van der Waals surface area (Å²) in [7, 11) is -3.87. The lowest BCUT2D eigenvalue weighted by atomic mass is 10.0. The van der Waals surface area contributed by atoms with Crippen LogP contribution in [0.25, 0.3) is 0 Å². The number of imidazole rings is 1. The zero-order valence-corrected chi connectivity index (χ0v) is 20.0. The lowest BCUT2D eigenvalue weighted by molar-refractivity contribution is -0.185. The van der Waals surface area contributed by atoms with Gasteiger partial charge in [-0.1, -0.05) is 41.4 Å². The number of hydrogen-bond acceptors (Lipinski definition) is 6. The molecule has 1 aromatic heterocycles. The van der Waals surface area contributed by atoms with Gasteiger partial charge in [-0.05, 0) is 49.6 Å². The van der Waals surface area contributed by atoms with E-state index in [0.717, 1.165) is 18.4 Å². The topological polar surface area (TPSA) is 79.7 Å². The highest BCUT2D eigenvalue weighted by atomic mass is 35.5. The fourth-order valence-electron chi connectivity index (χ4n) is 3.80. The van der Waals surface area contributed by atoms with Gasteiger partial charge in [-0.2, -0.15) is 8.42 Å². The van der Waals surface area contributed by atoms with Crippen molar-refractivity contribution in [2.75, 3.05) is 13.2 Å². The van der Waals surface area contributed by atoms with E-state index in [9.17, 15) is 8.42 Å². The third-order valence-electron chi connectivity index (χ3n) is 5.55. The maximum Gasteiger partial charge on any atom is 0.297 e. The van der Waals surface area contributed by atoms with Gasteiger partial charge in [0.05, 0.1) is 31.0 Å². The van der Waals surface area contributed by atoms with Gasteiger partial charge in [-0.3, -0.25) is 4.18 Å². The molecule has 4 rings (SSSR count). The SMILES string of the molecule is Cc1ccc(S(=O)(=O)OC[C@H]2CO[C@@](CCCc3ccc(Cl)cc3)(Cn3ccnc3)O2)cc1. The number of rotatable bonds is 10. The van der Waals surface area contributed by atoms with E-state index in [1.807, 2.05) is 42.0 Å². The van der Waals surface area contributed by atoms with Crippen LogP contribution in [0.2, 0.25) is 5.02 Å². The molecule has 1 aliphatic heterocycles. The van der Waals surface area contributed by atoms with Crippen molar-refractivity contribution in [3.05, 3.63) is 83.4 Å². The minimum atomic E-state index is -3.87.